The summed E-state index contributed by atoms with van der Waals surface area (Å²) in [4.78, 5) is 33.1. The average Bonchev–Trinajstić information content (AvgIpc) is 2.35. The van der Waals surface area contributed by atoms with Gasteiger partial charge in [-0.3, -0.25) is 19.7 Å². The van der Waals surface area contributed by atoms with Crippen LogP contribution in [0.25, 0.3) is 0 Å². The van der Waals surface area contributed by atoms with Crippen molar-refractivity contribution in [3.05, 3.63) is 33.9 Å². The van der Waals surface area contributed by atoms with E-state index in [1.807, 2.05) is 0 Å². The molecule has 1 aromatic rings. The molecule has 0 saturated heterocycles. The molecule has 0 unspecified atom stereocenters. The van der Waals surface area contributed by atoms with Crippen LogP contribution in [-0.2, 0) is 4.79 Å². The van der Waals surface area contributed by atoms with E-state index in [4.69, 9.17) is 5.73 Å². The quantitative estimate of drug-likeness (QED) is 0.533. The minimum Gasteiger partial charge on any atom is -0.374 e. The van der Waals surface area contributed by atoms with Crippen molar-refractivity contribution in [3.63, 3.8) is 0 Å². The van der Waals surface area contributed by atoms with Gasteiger partial charge in [0.2, 0.25) is 5.91 Å². The molecule has 4 N–H and O–H groups in total. The zero-order valence-corrected chi connectivity index (χ0v) is 12.1. The minimum atomic E-state index is -0.745. The molecular weight excluding hydrogens is 276 g/mol. The van der Waals surface area contributed by atoms with Crippen LogP contribution in [0.5, 0.6) is 0 Å². The Hall–Kier alpha value is -2.64. The third-order valence-electron chi connectivity index (χ3n) is 2.77. The van der Waals surface area contributed by atoms with Gasteiger partial charge in [0, 0.05) is 30.6 Å². The fourth-order valence-electron chi connectivity index (χ4n) is 1.92. The first kappa shape index (κ1) is 16.4. The van der Waals surface area contributed by atoms with E-state index >= 15 is 0 Å². The Morgan fingerprint density at radius 3 is 2.48 bits per heavy atom. The van der Waals surface area contributed by atoms with Crippen LogP contribution in [0.4, 0.5) is 11.4 Å². The number of nitrogens with one attached hydrogen (secondary N) is 2. The Kier molecular flexibility index (Phi) is 4.85. The Morgan fingerprint density at radius 2 is 2.00 bits per heavy atom. The van der Waals surface area contributed by atoms with Crippen LogP contribution < -0.4 is 16.4 Å². The summed E-state index contributed by atoms with van der Waals surface area (Å²) in [6.07, 6.45) is 0.0152. The van der Waals surface area contributed by atoms with Gasteiger partial charge in [0.15, 0.2) is 0 Å². The molecule has 0 radical (unpaired) electrons. The number of nitro groups is 1. The highest BCUT2D eigenvalue weighted by Crippen LogP contribution is 2.29. The Balaban J connectivity index is 3.15. The second-order valence-electron chi connectivity index (χ2n) is 5.22. The highest BCUT2D eigenvalue weighted by Gasteiger charge is 2.25. The van der Waals surface area contributed by atoms with E-state index in [0.717, 1.165) is 0 Å². The van der Waals surface area contributed by atoms with E-state index in [0.29, 0.717) is 0 Å². The van der Waals surface area contributed by atoms with Crippen molar-refractivity contribution >= 4 is 23.2 Å². The molecule has 2 amide bonds. The number of hydrogen-bond donors (Lipinski definition) is 3. The molecule has 0 aliphatic heterocycles. The third-order valence-corrected chi connectivity index (χ3v) is 2.77. The second kappa shape index (κ2) is 6.21. The van der Waals surface area contributed by atoms with Crippen molar-refractivity contribution in [1.29, 1.82) is 0 Å². The van der Waals surface area contributed by atoms with Crippen LogP contribution in [0.1, 0.15) is 30.6 Å². The zero-order valence-electron chi connectivity index (χ0n) is 12.1. The molecule has 0 bridgehead atoms. The molecule has 114 valence electrons. The topological polar surface area (TPSA) is 127 Å². The lowest BCUT2D eigenvalue weighted by molar-refractivity contribution is -0.384. The number of nitrogens with zero attached hydrogens (tertiary/aromatic N) is 1. The van der Waals surface area contributed by atoms with Crippen molar-refractivity contribution in [2.24, 2.45) is 5.73 Å². The maximum Gasteiger partial charge on any atom is 0.293 e. The Labute approximate surface area is 121 Å². The SMILES string of the molecule is CNC(=O)c1ccc(NC(C)(C)CC(N)=O)c([N+](=O)[O-])c1. The molecule has 0 aromatic heterocycles. The van der Waals surface area contributed by atoms with Gasteiger partial charge in [0.25, 0.3) is 11.6 Å². The molecule has 21 heavy (non-hydrogen) atoms. The van der Waals surface area contributed by atoms with E-state index in [2.05, 4.69) is 10.6 Å². The van der Waals surface area contributed by atoms with Crippen molar-refractivity contribution in [2.75, 3.05) is 12.4 Å². The standard InChI is InChI=1S/C13H18N4O4/c1-13(2,7-11(14)18)16-9-5-4-8(12(19)15-3)6-10(9)17(20)21/h4-6,16H,7H2,1-3H3,(H2,14,18)(H,15,19). The summed E-state index contributed by atoms with van der Waals surface area (Å²) < 4.78 is 0. The lowest BCUT2D eigenvalue weighted by Crippen LogP contribution is -2.36. The van der Waals surface area contributed by atoms with Crippen LogP contribution >= 0.6 is 0 Å². The van der Waals surface area contributed by atoms with Crippen molar-refractivity contribution in [1.82, 2.24) is 5.32 Å². The molecule has 0 fully saturated rings. The van der Waals surface area contributed by atoms with Gasteiger partial charge < -0.3 is 16.4 Å². The number of anilines is 1. The van der Waals surface area contributed by atoms with Crippen LogP contribution in [0, 0.1) is 10.1 Å². The monoisotopic (exact) mass is 294 g/mol. The lowest BCUT2D eigenvalue weighted by Gasteiger charge is -2.26. The molecule has 0 heterocycles. The van der Waals surface area contributed by atoms with E-state index in [-0.39, 0.29) is 23.4 Å². The highest BCUT2D eigenvalue weighted by atomic mass is 16.6. The fraction of sp³-hybridized carbons (Fsp3) is 0.385. The number of primary amides is 1. The fourth-order valence-corrected chi connectivity index (χ4v) is 1.92. The summed E-state index contributed by atoms with van der Waals surface area (Å²) in [5.74, 6) is -0.932. The average molecular weight is 294 g/mol. The highest BCUT2D eigenvalue weighted by molar-refractivity contribution is 5.95. The number of amides is 2. The number of carbonyl (C=O) groups excluding carboxylic acids is 2. The van der Waals surface area contributed by atoms with Crippen LogP contribution in [0.2, 0.25) is 0 Å². The van der Waals surface area contributed by atoms with Gasteiger partial charge in [-0.05, 0) is 26.0 Å². The van der Waals surface area contributed by atoms with Gasteiger partial charge >= 0.3 is 0 Å². The maximum atomic E-state index is 11.5. The Bertz CT molecular complexity index is 584. The molecule has 0 atom stereocenters. The van der Waals surface area contributed by atoms with E-state index in [1.54, 1.807) is 13.8 Å². The first-order valence-electron chi connectivity index (χ1n) is 6.23. The molecule has 0 spiro atoms. The number of nitro benzene ring substituents is 1. The molecule has 0 saturated carbocycles. The molecule has 0 aliphatic rings. The zero-order chi connectivity index (χ0) is 16.2. The molecule has 1 rings (SSSR count). The van der Waals surface area contributed by atoms with Crippen LogP contribution in [-0.4, -0.2) is 29.3 Å². The maximum absolute atomic E-state index is 11.5. The summed E-state index contributed by atoms with van der Waals surface area (Å²) in [6.45, 7) is 3.41. The van der Waals surface area contributed by atoms with Crippen molar-refractivity contribution < 1.29 is 14.5 Å². The first-order chi connectivity index (χ1) is 9.66. The molecule has 8 heteroatoms. The number of benzene rings is 1. The third kappa shape index (κ3) is 4.44. The summed E-state index contributed by atoms with van der Waals surface area (Å²) in [5.41, 5.74) is 4.56. The molecular formula is C13H18N4O4. The lowest BCUT2D eigenvalue weighted by atomic mass is 9.99. The van der Waals surface area contributed by atoms with Gasteiger partial charge in [-0.1, -0.05) is 0 Å². The number of nitrogens with two attached hydrogens (primary N) is 1. The van der Waals surface area contributed by atoms with Gasteiger partial charge in [-0.15, -0.1) is 0 Å². The van der Waals surface area contributed by atoms with Crippen LogP contribution in [0.15, 0.2) is 18.2 Å². The van der Waals surface area contributed by atoms with E-state index < -0.39 is 22.3 Å². The minimum absolute atomic E-state index is 0.0152. The van der Waals surface area contributed by atoms with Gasteiger partial charge in [0.05, 0.1) is 4.92 Å². The van der Waals surface area contributed by atoms with E-state index in [9.17, 15) is 19.7 Å². The number of rotatable bonds is 6. The van der Waals surface area contributed by atoms with Gasteiger partial charge in [-0.25, -0.2) is 0 Å². The van der Waals surface area contributed by atoms with Gasteiger partial charge in [-0.2, -0.15) is 0 Å². The van der Waals surface area contributed by atoms with Gasteiger partial charge in [0.1, 0.15) is 5.69 Å². The van der Waals surface area contributed by atoms with Crippen molar-refractivity contribution in [2.45, 2.75) is 25.8 Å². The Morgan fingerprint density at radius 1 is 1.38 bits per heavy atom. The number of hydrogen-bond acceptors (Lipinski definition) is 5. The van der Waals surface area contributed by atoms with Crippen molar-refractivity contribution in [3.8, 4) is 0 Å². The van der Waals surface area contributed by atoms with Crippen LogP contribution in [0.3, 0.4) is 0 Å². The summed E-state index contributed by atoms with van der Waals surface area (Å²) in [6, 6.07) is 4.08. The second-order valence-corrected chi connectivity index (χ2v) is 5.22. The number of carbonyl (C=O) groups is 2. The summed E-state index contributed by atoms with van der Waals surface area (Å²) in [7, 11) is 1.44. The predicted molar refractivity (Wildman–Crippen MR) is 78.0 cm³/mol. The summed E-state index contributed by atoms with van der Waals surface area (Å²) in [5, 5.41) is 16.4. The molecule has 0 aliphatic carbocycles. The molecule has 8 nitrogen and oxygen atoms in total. The normalized spacial score (nSPS) is 10.8. The predicted octanol–water partition coefficient (Wildman–Crippen LogP) is 1.02. The first-order valence-corrected chi connectivity index (χ1v) is 6.23. The smallest absolute Gasteiger partial charge is 0.293 e. The molecule has 1 aromatic carbocycles. The van der Waals surface area contributed by atoms with E-state index in [1.165, 1.54) is 25.2 Å². The summed E-state index contributed by atoms with van der Waals surface area (Å²) >= 11 is 0. The largest absolute Gasteiger partial charge is 0.374 e.